The molecule has 5 heteroatoms. The molecule has 0 aliphatic carbocycles. The van der Waals surface area contributed by atoms with Gasteiger partial charge in [-0.2, -0.15) is 0 Å². The van der Waals surface area contributed by atoms with Crippen molar-refractivity contribution in [2.75, 3.05) is 25.0 Å². The van der Waals surface area contributed by atoms with Crippen molar-refractivity contribution in [3.8, 4) is 0 Å². The molecule has 2 heterocycles. The first-order valence-electron chi connectivity index (χ1n) is 9.26. The minimum atomic E-state index is 0.427. The third-order valence-corrected chi connectivity index (χ3v) is 5.67. The smallest absolute Gasteiger partial charge is 0.131 e. The third-order valence-electron chi connectivity index (χ3n) is 4.69. The van der Waals surface area contributed by atoms with E-state index in [1.54, 1.807) is 11.3 Å². The Bertz CT molecular complexity index is 751. The molecule has 2 aromatic rings. The van der Waals surface area contributed by atoms with Gasteiger partial charge in [-0.15, -0.1) is 11.3 Å². The zero-order valence-electron chi connectivity index (χ0n) is 15.6. The summed E-state index contributed by atoms with van der Waals surface area (Å²) >= 11 is 1.71. The summed E-state index contributed by atoms with van der Waals surface area (Å²) in [5.74, 6) is 0.632. The first-order valence-corrected chi connectivity index (χ1v) is 10.1. The fraction of sp³-hybridized carbons (Fsp3) is 0.381. The number of allylic oxidation sites excluding steroid dienone is 1. The molecule has 3 N–H and O–H groups in total. The first-order chi connectivity index (χ1) is 12.7. The summed E-state index contributed by atoms with van der Waals surface area (Å²) in [6.07, 6.45) is 6.08. The molecule has 26 heavy (non-hydrogen) atoms. The number of hydrogen-bond acceptors (Lipinski definition) is 4. The van der Waals surface area contributed by atoms with Crippen molar-refractivity contribution in [3.05, 3.63) is 64.7 Å². The maximum Gasteiger partial charge on any atom is 0.131 e. The van der Waals surface area contributed by atoms with E-state index in [-0.39, 0.29) is 0 Å². The number of anilines is 1. The van der Waals surface area contributed by atoms with Gasteiger partial charge in [-0.25, -0.2) is 0 Å². The van der Waals surface area contributed by atoms with Gasteiger partial charge in [0.1, 0.15) is 10.8 Å². The van der Waals surface area contributed by atoms with Crippen LogP contribution >= 0.6 is 11.3 Å². The molecular weight excluding hydrogens is 340 g/mol. The van der Waals surface area contributed by atoms with Crippen molar-refractivity contribution in [1.82, 2.24) is 10.2 Å². The maximum atomic E-state index is 8.74. The van der Waals surface area contributed by atoms with Gasteiger partial charge in [0, 0.05) is 30.6 Å². The zero-order valence-corrected chi connectivity index (χ0v) is 16.4. The SMILES string of the molecule is C/C=C/Nc1sc(C)cc1C(=N)N1CCNC(CCc2ccccc2)C1. The second kappa shape index (κ2) is 9.01. The van der Waals surface area contributed by atoms with E-state index < -0.39 is 0 Å². The van der Waals surface area contributed by atoms with Gasteiger partial charge in [-0.1, -0.05) is 36.4 Å². The summed E-state index contributed by atoms with van der Waals surface area (Å²) in [5, 5.41) is 16.7. The number of piperazine rings is 1. The molecule has 1 aliphatic rings. The van der Waals surface area contributed by atoms with Crippen LogP contribution in [0.3, 0.4) is 0 Å². The molecule has 1 aliphatic heterocycles. The Morgan fingerprint density at radius 1 is 1.38 bits per heavy atom. The normalized spacial score (nSPS) is 17.6. The Morgan fingerprint density at radius 2 is 2.19 bits per heavy atom. The zero-order chi connectivity index (χ0) is 18.4. The van der Waals surface area contributed by atoms with Crippen molar-refractivity contribution in [2.24, 2.45) is 0 Å². The van der Waals surface area contributed by atoms with E-state index in [1.807, 2.05) is 19.2 Å². The molecule has 1 fully saturated rings. The first kappa shape index (κ1) is 18.7. The van der Waals surface area contributed by atoms with Crippen LogP contribution in [-0.4, -0.2) is 36.4 Å². The van der Waals surface area contributed by atoms with Gasteiger partial charge in [-0.3, -0.25) is 5.41 Å². The highest BCUT2D eigenvalue weighted by atomic mass is 32.1. The summed E-state index contributed by atoms with van der Waals surface area (Å²) in [4.78, 5) is 3.45. The molecule has 3 rings (SSSR count). The number of rotatable bonds is 6. The van der Waals surface area contributed by atoms with E-state index in [0.717, 1.165) is 43.0 Å². The van der Waals surface area contributed by atoms with Crippen LogP contribution in [0.2, 0.25) is 0 Å². The van der Waals surface area contributed by atoms with Crippen molar-refractivity contribution in [1.29, 1.82) is 5.41 Å². The number of nitrogens with one attached hydrogen (secondary N) is 3. The number of aryl methyl sites for hydroxylation is 2. The van der Waals surface area contributed by atoms with Gasteiger partial charge >= 0.3 is 0 Å². The van der Waals surface area contributed by atoms with Crippen LogP contribution in [0, 0.1) is 12.3 Å². The Kier molecular flexibility index (Phi) is 6.47. The van der Waals surface area contributed by atoms with Gasteiger partial charge in [0.05, 0.1) is 5.56 Å². The lowest BCUT2D eigenvalue weighted by Gasteiger charge is -2.35. The lowest BCUT2D eigenvalue weighted by molar-refractivity contribution is 0.281. The molecule has 1 unspecified atom stereocenters. The van der Waals surface area contributed by atoms with Crippen LogP contribution in [0.5, 0.6) is 0 Å². The summed E-state index contributed by atoms with van der Waals surface area (Å²) in [5.41, 5.74) is 2.39. The fourth-order valence-corrected chi connectivity index (χ4v) is 4.23. The predicted octanol–water partition coefficient (Wildman–Crippen LogP) is 4.23. The van der Waals surface area contributed by atoms with Crippen LogP contribution in [0.25, 0.3) is 0 Å². The molecule has 1 atom stereocenters. The Labute approximate surface area is 160 Å². The summed E-state index contributed by atoms with van der Waals surface area (Å²) in [6.45, 7) is 6.81. The van der Waals surface area contributed by atoms with Gasteiger partial charge in [0.2, 0.25) is 0 Å². The highest BCUT2D eigenvalue weighted by Gasteiger charge is 2.24. The van der Waals surface area contributed by atoms with Gasteiger partial charge in [0.25, 0.3) is 0 Å². The van der Waals surface area contributed by atoms with E-state index in [9.17, 15) is 0 Å². The molecular formula is C21H28N4S. The number of benzene rings is 1. The summed E-state index contributed by atoms with van der Waals surface area (Å²) < 4.78 is 0. The minimum absolute atomic E-state index is 0.427. The molecule has 0 bridgehead atoms. The monoisotopic (exact) mass is 368 g/mol. The van der Waals surface area contributed by atoms with Crippen LogP contribution in [0.4, 0.5) is 5.00 Å². The molecule has 1 aromatic heterocycles. The van der Waals surface area contributed by atoms with Crippen LogP contribution in [-0.2, 0) is 6.42 Å². The van der Waals surface area contributed by atoms with Gasteiger partial charge in [-0.05, 0) is 44.5 Å². The van der Waals surface area contributed by atoms with E-state index in [0.29, 0.717) is 11.9 Å². The third kappa shape index (κ3) is 4.74. The van der Waals surface area contributed by atoms with Gasteiger partial charge in [0.15, 0.2) is 0 Å². The highest BCUT2D eigenvalue weighted by Crippen LogP contribution is 2.29. The second-order valence-electron chi connectivity index (χ2n) is 6.71. The number of nitrogens with zero attached hydrogens (tertiary/aromatic N) is 1. The molecule has 1 aromatic carbocycles. The average molecular weight is 369 g/mol. The summed E-state index contributed by atoms with van der Waals surface area (Å²) in [6, 6.07) is 13.2. The second-order valence-corrected chi connectivity index (χ2v) is 7.97. The highest BCUT2D eigenvalue weighted by molar-refractivity contribution is 7.16. The van der Waals surface area contributed by atoms with Crippen molar-refractivity contribution >= 4 is 22.2 Å². The Hall–Kier alpha value is -2.11. The topological polar surface area (TPSA) is 51.2 Å². The Balaban J connectivity index is 1.63. The van der Waals surface area contributed by atoms with E-state index in [2.05, 4.69) is 58.9 Å². The lowest BCUT2D eigenvalue weighted by Crippen LogP contribution is -2.52. The quantitative estimate of drug-likeness (QED) is 0.528. The maximum absolute atomic E-state index is 8.74. The van der Waals surface area contributed by atoms with E-state index in [4.69, 9.17) is 5.41 Å². The van der Waals surface area contributed by atoms with Gasteiger partial charge < -0.3 is 15.5 Å². The van der Waals surface area contributed by atoms with Crippen LogP contribution in [0.15, 0.2) is 48.7 Å². The molecule has 1 saturated heterocycles. The molecule has 0 saturated carbocycles. The number of thiophene rings is 1. The molecule has 0 radical (unpaired) electrons. The lowest BCUT2D eigenvalue weighted by atomic mass is 10.0. The fourth-order valence-electron chi connectivity index (χ4n) is 3.33. The summed E-state index contributed by atoms with van der Waals surface area (Å²) in [7, 11) is 0. The standard InChI is InChI=1S/C21H28N4S/c1-3-11-24-21-19(14-16(2)26-21)20(22)25-13-12-23-18(15-25)10-9-17-7-5-4-6-8-17/h3-8,11,14,18,22-24H,9-10,12-13,15H2,1-2H3/b11-3+,22-20?. The van der Waals surface area contributed by atoms with E-state index in [1.165, 1.54) is 10.4 Å². The Morgan fingerprint density at radius 3 is 2.96 bits per heavy atom. The van der Waals surface area contributed by atoms with E-state index >= 15 is 0 Å². The molecule has 4 nitrogen and oxygen atoms in total. The number of amidine groups is 1. The van der Waals surface area contributed by atoms with Crippen molar-refractivity contribution < 1.29 is 0 Å². The van der Waals surface area contributed by atoms with Crippen molar-refractivity contribution in [2.45, 2.75) is 32.7 Å². The average Bonchev–Trinajstić information content (AvgIpc) is 3.05. The van der Waals surface area contributed by atoms with Crippen molar-refractivity contribution in [3.63, 3.8) is 0 Å². The van der Waals surface area contributed by atoms with Crippen LogP contribution < -0.4 is 10.6 Å². The van der Waals surface area contributed by atoms with Crippen LogP contribution in [0.1, 0.15) is 29.3 Å². The predicted molar refractivity (Wildman–Crippen MR) is 112 cm³/mol. The molecule has 0 amide bonds. The number of hydrogen-bond donors (Lipinski definition) is 3. The molecule has 0 spiro atoms. The largest absolute Gasteiger partial charge is 0.354 e. The minimum Gasteiger partial charge on any atom is -0.354 e. The molecule has 138 valence electrons.